The maximum Gasteiger partial charge on any atom is 0.336 e. The summed E-state index contributed by atoms with van der Waals surface area (Å²) in [6.45, 7) is 4.26. The molecule has 1 aliphatic rings. The van der Waals surface area contributed by atoms with Gasteiger partial charge in [-0.2, -0.15) is 0 Å². The Morgan fingerprint density at radius 1 is 1.14 bits per heavy atom. The summed E-state index contributed by atoms with van der Waals surface area (Å²) in [6.07, 6.45) is 1.10. The molecule has 6 heteroatoms. The first-order valence-electron chi connectivity index (χ1n) is 9.69. The van der Waals surface area contributed by atoms with Gasteiger partial charge in [-0.3, -0.25) is 9.59 Å². The van der Waals surface area contributed by atoms with E-state index in [9.17, 15) is 14.4 Å². The van der Waals surface area contributed by atoms with Crippen LogP contribution in [0.5, 0.6) is 0 Å². The minimum atomic E-state index is -0.437. The molecule has 6 nitrogen and oxygen atoms in total. The molecule has 1 aromatic heterocycles. The molecule has 1 saturated heterocycles. The molecule has 29 heavy (non-hydrogen) atoms. The lowest BCUT2D eigenvalue weighted by molar-refractivity contribution is -0.122. The Morgan fingerprint density at radius 2 is 1.90 bits per heavy atom. The van der Waals surface area contributed by atoms with Gasteiger partial charge in [-0.05, 0) is 48.7 Å². The van der Waals surface area contributed by atoms with E-state index in [1.165, 1.54) is 11.6 Å². The van der Waals surface area contributed by atoms with Crippen molar-refractivity contribution in [2.24, 2.45) is 5.92 Å². The number of hydrogen-bond donors (Lipinski definition) is 1. The zero-order chi connectivity index (χ0) is 20.5. The minimum absolute atomic E-state index is 0.0606. The largest absolute Gasteiger partial charge is 0.423 e. The van der Waals surface area contributed by atoms with Gasteiger partial charge in [-0.1, -0.05) is 19.1 Å². The van der Waals surface area contributed by atoms with Crippen LogP contribution in [-0.4, -0.2) is 18.4 Å². The molecule has 148 valence electrons. The molecule has 2 aromatic carbocycles. The van der Waals surface area contributed by atoms with Crippen molar-refractivity contribution in [1.29, 1.82) is 0 Å². The summed E-state index contributed by atoms with van der Waals surface area (Å²) in [5, 5.41) is 3.67. The molecule has 1 fully saturated rings. The number of aryl methyl sites for hydroxylation is 2. The highest BCUT2D eigenvalue weighted by molar-refractivity contribution is 6.04. The van der Waals surface area contributed by atoms with Crippen LogP contribution in [0.3, 0.4) is 0 Å². The van der Waals surface area contributed by atoms with Gasteiger partial charge in [0.2, 0.25) is 11.8 Å². The Morgan fingerprint density at radius 3 is 2.62 bits per heavy atom. The Hall–Kier alpha value is -3.41. The summed E-state index contributed by atoms with van der Waals surface area (Å²) in [4.78, 5) is 38.4. The zero-order valence-corrected chi connectivity index (χ0v) is 16.4. The van der Waals surface area contributed by atoms with E-state index in [1.54, 1.807) is 17.0 Å². The van der Waals surface area contributed by atoms with E-state index >= 15 is 0 Å². The molecule has 0 radical (unpaired) electrons. The predicted molar refractivity (Wildman–Crippen MR) is 112 cm³/mol. The lowest BCUT2D eigenvalue weighted by atomic mass is 10.1. The van der Waals surface area contributed by atoms with E-state index < -0.39 is 11.5 Å². The number of benzene rings is 2. The average molecular weight is 390 g/mol. The maximum absolute atomic E-state index is 12.7. The predicted octanol–water partition coefficient (Wildman–Crippen LogP) is 3.66. The monoisotopic (exact) mass is 390 g/mol. The number of nitrogens with zero attached hydrogens (tertiary/aromatic N) is 1. The first-order chi connectivity index (χ1) is 13.9. The summed E-state index contributed by atoms with van der Waals surface area (Å²) in [5.74, 6) is -0.719. The highest BCUT2D eigenvalue weighted by atomic mass is 16.4. The Labute approximate surface area is 168 Å². The third kappa shape index (κ3) is 3.78. The Bertz CT molecular complexity index is 1150. The van der Waals surface area contributed by atoms with Crippen LogP contribution in [0.4, 0.5) is 11.4 Å². The van der Waals surface area contributed by atoms with E-state index in [0.29, 0.717) is 17.8 Å². The van der Waals surface area contributed by atoms with Gasteiger partial charge in [0.05, 0.1) is 5.92 Å². The fourth-order valence-electron chi connectivity index (χ4n) is 3.69. The molecule has 0 unspecified atom stereocenters. The molecule has 2 heterocycles. The number of nitrogens with one attached hydrogen (secondary N) is 1. The lowest BCUT2D eigenvalue weighted by Gasteiger charge is -2.17. The summed E-state index contributed by atoms with van der Waals surface area (Å²) in [5.41, 5.74) is 3.37. The molecule has 0 aliphatic carbocycles. The standard InChI is InChI=1S/C23H22N2O4/c1-3-15-4-7-18(8-5-15)25-13-16(11-21(25)26)23(28)24-17-6-9-19-14(2)10-22(27)29-20(19)12-17/h4-10,12,16H,3,11,13H2,1-2H3,(H,24,28)/t16-/m0/s1. The van der Waals surface area contributed by atoms with Gasteiger partial charge in [0, 0.05) is 41.9 Å². The summed E-state index contributed by atoms with van der Waals surface area (Å²) >= 11 is 0. The highest BCUT2D eigenvalue weighted by Gasteiger charge is 2.35. The summed E-state index contributed by atoms with van der Waals surface area (Å²) in [7, 11) is 0. The van der Waals surface area contributed by atoms with Gasteiger partial charge in [0.1, 0.15) is 5.58 Å². The average Bonchev–Trinajstić information content (AvgIpc) is 3.09. The topological polar surface area (TPSA) is 79.6 Å². The molecular formula is C23H22N2O4. The number of amides is 2. The second-order valence-electron chi connectivity index (χ2n) is 7.37. The van der Waals surface area contributed by atoms with Crippen molar-refractivity contribution in [2.45, 2.75) is 26.7 Å². The third-order valence-corrected chi connectivity index (χ3v) is 5.37. The molecule has 0 bridgehead atoms. The van der Waals surface area contributed by atoms with Crippen molar-refractivity contribution in [3.05, 3.63) is 70.1 Å². The third-order valence-electron chi connectivity index (χ3n) is 5.37. The van der Waals surface area contributed by atoms with Crippen molar-refractivity contribution in [1.82, 2.24) is 0 Å². The second-order valence-corrected chi connectivity index (χ2v) is 7.37. The van der Waals surface area contributed by atoms with Crippen molar-refractivity contribution in [3.8, 4) is 0 Å². The highest BCUT2D eigenvalue weighted by Crippen LogP contribution is 2.27. The Kier molecular flexibility index (Phi) is 4.92. The molecule has 0 spiro atoms. The number of hydrogen-bond acceptors (Lipinski definition) is 4. The summed E-state index contributed by atoms with van der Waals surface area (Å²) in [6, 6.07) is 14.5. The van der Waals surface area contributed by atoms with Gasteiger partial charge in [-0.15, -0.1) is 0 Å². The van der Waals surface area contributed by atoms with Crippen LogP contribution in [0.2, 0.25) is 0 Å². The van der Waals surface area contributed by atoms with Gasteiger partial charge in [0.25, 0.3) is 0 Å². The Balaban J connectivity index is 1.49. The lowest BCUT2D eigenvalue weighted by Crippen LogP contribution is -2.28. The van der Waals surface area contributed by atoms with Crippen LogP contribution >= 0.6 is 0 Å². The fourth-order valence-corrected chi connectivity index (χ4v) is 3.69. The van der Waals surface area contributed by atoms with Gasteiger partial charge < -0.3 is 14.6 Å². The first-order valence-corrected chi connectivity index (χ1v) is 9.69. The normalized spacial score (nSPS) is 16.4. The van der Waals surface area contributed by atoms with Crippen LogP contribution in [0.1, 0.15) is 24.5 Å². The van der Waals surface area contributed by atoms with Crippen LogP contribution in [0, 0.1) is 12.8 Å². The van der Waals surface area contributed by atoms with Crippen molar-refractivity contribution < 1.29 is 14.0 Å². The van der Waals surface area contributed by atoms with E-state index in [0.717, 1.165) is 23.1 Å². The number of anilines is 2. The smallest absolute Gasteiger partial charge is 0.336 e. The molecule has 2 amide bonds. The van der Waals surface area contributed by atoms with Crippen molar-refractivity contribution in [2.75, 3.05) is 16.8 Å². The second kappa shape index (κ2) is 7.54. The molecule has 0 saturated carbocycles. The minimum Gasteiger partial charge on any atom is -0.423 e. The summed E-state index contributed by atoms with van der Waals surface area (Å²) < 4.78 is 5.23. The SMILES string of the molecule is CCc1ccc(N2C[C@@H](C(=O)Nc3ccc4c(C)cc(=O)oc4c3)CC2=O)cc1. The number of fused-ring (bicyclic) bond motifs is 1. The fraction of sp³-hybridized carbons (Fsp3) is 0.261. The number of carbonyl (C=O) groups is 2. The molecule has 3 aromatic rings. The van der Waals surface area contributed by atoms with Gasteiger partial charge in [-0.25, -0.2) is 4.79 Å². The van der Waals surface area contributed by atoms with E-state index in [2.05, 4.69) is 12.2 Å². The molecule has 1 N–H and O–H groups in total. The quantitative estimate of drug-likeness (QED) is 0.690. The molecule has 1 atom stereocenters. The van der Waals surface area contributed by atoms with Crippen LogP contribution in [-0.2, 0) is 16.0 Å². The van der Waals surface area contributed by atoms with Crippen LogP contribution < -0.4 is 15.8 Å². The van der Waals surface area contributed by atoms with E-state index in [4.69, 9.17) is 4.42 Å². The first kappa shape index (κ1) is 18.9. The maximum atomic E-state index is 12.7. The van der Waals surface area contributed by atoms with Crippen molar-refractivity contribution >= 4 is 34.2 Å². The van der Waals surface area contributed by atoms with E-state index in [-0.39, 0.29) is 18.2 Å². The van der Waals surface area contributed by atoms with E-state index in [1.807, 2.05) is 37.3 Å². The molecular weight excluding hydrogens is 368 g/mol. The van der Waals surface area contributed by atoms with Crippen LogP contribution in [0.25, 0.3) is 11.0 Å². The number of rotatable bonds is 4. The van der Waals surface area contributed by atoms with Gasteiger partial charge in [0.15, 0.2) is 0 Å². The zero-order valence-electron chi connectivity index (χ0n) is 16.4. The van der Waals surface area contributed by atoms with Crippen LogP contribution in [0.15, 0.2) is 57.7 Å². The number of carbonyl (C=O) groups excluding carboxylic acids is 2. The van der Waals surface area contributed by atoms with Gasteiger partial charge >= 0.3 is 5.63 Å². The molecule has 1 aliphatic heterocycles. The van der Waals surface area contributed by atoms with Crippen molar-refractivity contribution in [3.63, 3.8) is 0 Å². The molecule has 4 rings (SSSR count).